The van der Waals surface area contributed by atoms with E-state index in [0.29, 0.717) is 93.7 Å². The molecule has 0 spiro atoms. The molecule has 3 aromatic heterocycles. The van der Waals surface area contributed by atoms with Crippen LogP contribution in [0.1, 0.15) is 260 Å². The topological polar surface area (TPSA) is 189 Å². The van der Waals surface area contributed by atoms with E-state index in [1.54, 1.807) is 0 Å². The molecule has 0 saturated carbocycles. The number of hydrogen-bond acceptors (Lipinski definition) is 13. The van der Waals surface area contributed by atoms with Crippen LogP contribution in [0.15, 0.2) is 105 Å². The Balaban J connectivity index is 0.000000156. The third kappa shape index (κ3) is 26.3. The Morgan fingerprint density at radius 3 is 0.899 bits per heavy atom. The highest BCUT2D eigenvalue weighted by Crippen LogP contribution is 2.51. The molecule has 8 fully saturated rings. The fourth-order valence-electron chi connectivity index (χ4n) is 22.5. The maximum absolute atomic E-state index is 13.4. The van der Waals surface area contributed by atoms with Crippen LogP contribution in [0.5, 0.6) is 0 Å². The van der Waals surface area contributed by atoms with Gasteiger partial charge >= 0.3 is 0 Å². The number of halogens is 9. The second-order valence-electron chi connectivity index (χ2n) is 38.1. The fraction of sp³-hybridized carbons (Fsp3) is 0.604. The van der Waals surface area contributed by atoms with Gasteiger partial charge in [0.15, 0.2) is 0 Å². The van der Waals surface area contributed by atoms with Crippen LogP contribution in [0.2, 0.25) is 15.1 Å². The predicted molar refractivity (Wildman–Crippen MR) is 537 cm³/mol. The average Bonchev–Trinajstić information content (AvgIpc) is 1.75. The molecule has 6 aromatic rings. The number of amides is 6. The van der Waals surface area contributed by atoms with Crippen LogP contribution < -0.4 is 0 Å². The monoisotopic (exact) mass is 2200 g/mol. The van der Waals surface area contributed by atoms with Crippen molar-refractivity contribution in [1.82, 2.24) is 54.2 Å². The van der Waals surface area contributed by atoms with Crippen LogP contribution in [0, 0.1) is 35.5 Å². The summed E-state index contributed by atoms with van der Waals surface area (Å²) in [7, 11) is 0. The number of nitrogens with zero attached hydrogens (tertiary/aromatic N) is 12. The number of hydrogen-bond donors (Lipinski definition) is 0. The zero-order chi connectivity index (χ0) is 89.6. The molecule has 28 heteroatoms. The van der Waals surface area contributed by atoms with Gasteiger partial charge in [-0.1, -0.05) is 108 Å². The number of carbonyl (C=O) groups excluding carboxylic acids is 6. The van der Waals surface area contributed by atoms with Crippen LogP contribution in [-0.2, 0) is 72.1 Å². The average molecular weight is 2210 g/mol. The van der Waals surface area contributed by atoms with E-state index in [4.69, 9.17) is 54.6 Å². The number of fused-ring (bicyclic) bond motifs is 6. The van der Waals surface area contributed by atoms with Crippen LogP contribution >= 0.6 is 130 Å². The summed E-state index contributed by atoms with van der Waals surface area (Å²) in [6, 6.07) is 19.1. The van der Waals surface area contributed by atoms with Crippen molar-refractivity contribution in [3.05, 3.63) is 182 Å². The standard InChI is InChI=1S/2C34H43Br2ClN4O2.C32H39Br2ClN4O3.CH4/c2*35-27-19-26-5-4-25-20-28(37)21-29(36)32(25)33(34(26)38-22-27)24-8-16-41(17-9-24)31(43)18-23-6-14-40(15-7-23)30(42)10-13-39-11-2-1-3-12-39;1-20(2)37-42-14-9-28(40)38-10-5-21(6-11-38)15-29(41)39-12-7-22(8-13-39)31-30-23(17-26(35)18-27(30)34)3-4-24-16-25(33)19-36-32(24)31;/h2*19-24,33H,1-18H2;16-19,21-22,31H,3-15H2,1-2H3;1H4/t33-;;31-;/m1.1./s1. The summed E-state index contributed by atoms with van der Waals surface area (Å²) in [4.78, 5) is 116. The molecule has 11 heterocycles. The molecule has 8 saturated heterocycles. The molecule has 129 heavy (non-hydrogen) atoms. The van der Waals surface area contributed by atoms with E-state index in [9.17, 15) is 28.8 Å². The number of aromatic nitrogens is 3. The van der Waals surface area contributed by atoms with Gasteiger partial charge in [0, 0.05) is 202 Å². The molecule has 1 unspecified atom stereocenters. The minimum Gasteiger partial charge on any atom is -0.395 e. The van der Waals surface area contributed by atoms with Crippen LogP contribution in [-0.4, -0.2) is 220 Å². The largest absolute Gasteiger partial charge is 0.395 e. The number of carbonyl (C=O) groups is 6. The Morgan fingerprint density at radius 2 is 0.612 bits per heavy atom. The molecule has 0 N–H and O–H groups in total. The van der Waals surface area contributed by atoms with Crippen molar-refractivity contribution in [2.24, 2.45) is 40.7 Å². The maximum Gasteiger partial charge on any atom is 0.226 e. The third-order valence-electron chi connectivity index (χ3n) is 29.5. The molecule has 0 radical (unpaired) electrons. The van der Waals surface area contributed by atoms with Crippen molar-refractivity contribution in [2.45, 2.75) is 232 Å². The first-order valence-corrected chi connectivity index (χ1v) is 53.4. The highest BCUT2D eigenvalue weighted by Gasteiger charge is 2.42. The number of piperidine rings is 8. The third-order valence-corrected chi connectivity index (χ3v) is 33.4. The van der Waals surface area contributed by atoms with Crippen molar-refractivity contribution in [2.75, 3.05) is 124 Å². The molecule has 0 bridgehead atoms. The molecule has 3 atom stereocenters. The van der Waals surface area contributed by atoms with Crippen molar-refractivity contribution >= 4 is 172 Å². The Labute approximate surface area is 830 Å². The number of benzene rings is 3. The van der Waals surface area contributed by atoms with Crippen molar-refractivity contribution in [3.8, 4) is 0 Å². The molecule has 3 aromatic carbocycles. The maximum atomic E-state index is 13.4. The van der Waals surface area contributed by atoms with Gasteiger partial charge in [0.25, 0.3) is 0 Å². The van der Waals surface area contributed by atoms with Crippen LogP contribution in [0.3, 0.4) is 0 Å². The quantitative estimate of drug-likeness (QED) is 0.0425. The normalized spacial score (nSPS) is 21.1. The minimum absolute atomic E-state index is 0. The molecule has 3 aliphatic carbocycles. The number of likely N-dealkylation sites (tertiary alicyclic amines) is 8. The van der Waals surface area contributed by atoms with Gasteiger partial charge in [-0.2, -0.15) is 0 Å². The Bertz CT molecular complexity index is 4730. The smallest absolute Gasteiger partial charge is 0.226 e. The highest BCUT2D eigenvalue weighted by molar-refractivity contribution is 9.11. The first-order valence-electron chi connectivity index (χ1n) is 47.5. The predicted octanol–water partition coefficient (Wildman–Crippen LogP) is 22.3. The number of rotatable bonds is 19. The summed E-state index contributed by atoms with van der Waals surface area (Å²) in [5.74, 6) is 4.30. The summed E-state index contributed by atoms with van der Waals surface area (Å²) >= 11 is 41.9. The van der Waals surface area contributed by atoms with Crippen LogP contribution in [0.4, 0.5) is 0 Å². The summed E-state index contributed by atoms with van der Waals surface area (Å²) < 4.78 is 6.21. The molecule has 19 nitrogen and oxygen atoms in total. The summed E-state index contributed by atoms with van der Waals surface area (Å²) in [6.07, 6.45) is 33.7. The van der Waals surface area contributed by atoms with Crippen molar-refractivity contribution in [3.63, 3.8) is 0 Å². The molecule has 11 aliphatic rings. The van der Waals surface area contributed by atoms with Gasteiger partial charge in [-0.3, -0.25) is 43.7 Å². The van der Waals surface area contributed by atoms with Gasteiger partial charge < -0.3 is 44.0 Å². The number of pyridine rings is 3. The van der Waals surface area contributed by atoms with Crippen molar-refractivity contribution in [1.29, 1.82) is 0 Å². The van der Waals surface area contributed by atoms with Crippen LogP contribution in [0.25, 0.3) is 0 Å². The van der Waals surface area contributed by atoms with Gasteiger partial charge in [0.05, 0.1) is 29.2 Å². The molecule has 698 valence electrons. The summed E-state index contributed by atoms with van der Waals surface area (Å²) in [5, 5.41) is 6.16. The highest BCUT2D eigenvalue weighted by atomic mass is 79.9. The molecule has 8 aliphatic heterocycles. The first kappa shape index (κ1) is 100. The van der Waals surface area contributed by atoms with Gasteiger partial charge in [-0.05, 0) is 369 Å². The lowest BCUT2D eigenvalue weighted by Crippen LogP contribution is -2.43. The zero-order valence-electron chi connectivity index (χ0n) is 74.4. The lowest BCUT2D eigenvalue weighted by atomic mass is 9.76. The van der Waals surface area contributed by atoms with E-state index in [-0.39, 0.29) is 60.6 Å². The minimum atomic E-state index is 0. The van der Waals surface area contributed by atoms with Gasteiger partial charge in [0.1, 0.15) is 6.61 Å². The Kier molecular flexibility index (Phi) is 37.0. The second-order valence-corrected chi connectivity index (χ2v) is 44.7. The summed E-state index contributed by atoms with van der Waals surface area (Å²) in [6.45, 7) is 19.6. The first-order chi connectivity index (χ1) is 61.9. The lowest BCUT2D eigenvalue weighted by molar-refractivity contribution is -0.137. The van der Waals surface area contributed by atoms with Gasteiger partial charge in [-0.15, -0.1) is 0 Å². The molecule has 6 amide bonds. The summed E-state index contributed by atoms with van der Waals surface area (Å²) in [5.41, 5.74) is 16.1. The number of oxime groups is 1. The Hall–Kier alpha value is -4.93. The van der Waals surface area contributed by atoms with E-state index < -0.39 is 0 Å². The Morgan fingerprint density at radius 1 is 0.349 bits per heavy atom. The molecular weight excluding hydrogens is 2080 g/mol. The van der Waals surface area contributed by atoms with E-state index in [1.807, 2.05) is 65.3 Å². The molecular formula is C101H129Br6Cl3N12O7. The second kappa shape index (κ2) is 47.7. The molecule has 17 rings (SSSR count). The van der Waals surface area contributed by atoms with Crippen molar-refractivity contribution < 1.29 is 33.6 Å². The van der Waals surface area contributed by atoms with Gasteiger partial charge in [-0.25, -0.2) is 0 Å². The number of aryl methyl sites for hydroxylation is 6. The van der Waals surface area contributed by atoms with E-state index in [2.05, 4.69) is 162 Å². The lowest BCUT2D eigenvalue weighted by Gasteiger charge is -2.38. The SMILES string of the molecule is C.CC(C)=NOCCC(=O)N1CCC(CC(=O)N2CCC([C@H]3c4ncc(Br)cc4CCc4cc(Cl)cc(Br)c43)CC2)CC1.O=C(CCN1CCCCC1)N1CCC(CC(=O)N2CCC(C3c4ncc(Br)cc4CCc4cc(Cl)cc(Br)c43)CC2)CC1.O=C(CCN1CCCCC1)N1CCC(CC(=O)N2CCC([C@H]3c4ncc(Br)cc4CCc4cc(Cl)cc(Br)c43)CC2)CC1. The fourth-order valence-corrected chi connectivity index (χ4v) is 27.0. The van der Waals surface area contributed by atoms with E-state index in [0.717, 1.165) is 274 Å². The van der Waals surface area contributed by atoms with E-state index in [1.165, 1.54) is 100.0 Å². The van der Waals surface area contributed by atoms with Gasteiger partial charge in [0.2, 0.25) is 35.4 Å². The van der Waals surface area contributed by atoms with E-state index >= 15 is 0 Å². The zero-order valence-corrected chi connectivity index (χ0v) is 86.2.